The Bertz CT molecular complexity index is 1120. The molecule has 5 nitrogen and oxygen atoms in total. The Morgan fingerprint density at radius 2 is 1.71 bits per heavy atom. The summed E-state index contributed by atoms with van der Waals surface area (Å²) in [6, 6.07) is 21.1. The molecule has 1 saturated heterocycles. The molecule has 0 bridgehead atoms. The Hall–Kier alpha value is -2.86. The molecule has 28 heavy (non-hydrogen) atoms. The van der Waals surface area contributed by atoms with Gasteiger partial charge < -0.3 is 4.90 Å². The second-order valence-corrected chi connectivity index (χ2v) is 9.14. The fourth-order valence-corrected chi connectivity index (χ4v) is 5.17. The molecule has 1 heterocycles. The highest BCUT2D eigenvalue weighted by molar-refractivity contribution is 7.93. The highest BCUT2D eigenvalue weighted by atomic mass is 32.2. The van der Waals surface area contributed by atoms with Gasteiger partial charge in [0.25, 0.3) is 5.91 Å². The van der Waals surface area contributed by atoms with Crippen LogP contribution in [0.1, 0.15) is 22.3 Å². The van der Waals surface area contributed by atoms with E-state index in [9.17, 15) is 13.2 Å². The molecule has 0 unspecified atom stereocenters. The van der Waals surface area contributed by atoms with E-state index in [4.69, 9.17) is 0 Å². The van der Waals surface area contributed by atoms with E-state index in [1.165, 1.54) is 9.69 Å². The number of sulfonamides is 1. The summed E-state index contributed by atoms with van der Waals surface area (Å²) in [6.45, 7) is 1.00. The number of amides is 1. The zero-order chi connectivity index (χ0) is 19.7. The molecule has 0 atom stereocenters. The number of carbonyl (C=O) groups is 1. The van der Waals surface area contributed by atoms with Crippen molar-refractivity contribution in [2.24, 2.45) is 0 Å². The van der Waals surface area contributed by atoms with Gasteiger partial charge >= 0.3 is 0 Å². The maximum Gasteiger partial charge on any atom is 0.253 e. The van der Waals surface area contributed by atoms with Gasteiger partial charge in [-0.2, -0.15) is 0 Å². The fraction of sp³-hybridized carbons (Fsp3) is 0.227. The minimum absolute atomic E-state index is 0.0935. The van der Waals surface area contributed by atoms with E-state index in [-0.39, 0.29) is 11.7 Å². The summed E-state index contributed by atoms with van der Waals surface area (Å²) in [5, 5.41) is 2.32. The van der Waals surface area contributed by atoms with Crippen molar-refractivity contribution in [2.75, 3.05) is 23.7 Å². The number of carbonyl (C=O) groups excluding carboxylic acids is 1. The minimum Gasteiger partial charge on any atom is -0.337 e. The molecule has 3 aromatic carbocycles. The van der Waals surface area contributed by atoms with Crippen LogP contribution in [-0.2, 0) is 16.6 Å². The van der Waals surface area contributed by atoms with Gasteiger partial charge in [-0.25, -0.2) is 8.42 Å². The van der Waals surface area contributed by atoms with E-state index in [2.05, 4.69) is 24.3 Å². The van der Waals surface area contributed by atoms with Crippen LogP contribution >= 0.6 is 0 Å². The number of rotatable bonds is 4. The molecule has 3 aromatic rings. The first-order valence-electron chi connectivity index (χ1n) is 9.28. The first-order chi connectivity index (χ1) is 13.4. The summed E-state index contributed by atoms with van der Waals surface area (Å²) in [4.78, 5) is 14.4. The molecule has 0 spiro atoms. The van der Waals surface area contributed by atoms with Gasteiger partial charge in [-0.1, -0.05) is 36.4 Å². The normalized spacial score (nSPS) is 15.7. The number of nitrogens with zero attached hydrogens (tertiary/aromatic N) is 2. The number of hydrogen-bond acceptors (Lipinski definition) is 3. The Balaban J connectivity index is 1.48. The third kappa shape index (κ3) is 3.60. The topological polar surface area (TPSA) is 57.7 Å². The van der Waals surface area contributed by atoms with E-state index >= 15 is 0 Å². The first kappa shape index (κ1) is 18.5. The molecule has 6 heteroatoms. The van der Waals surface area contributed by atoms with E-state index in [1.807, 2.05) is 18.2 Å². The smallest absolute Gasteiger partial charge is 0.253 e. The Labute approximate surface area is 165 Å². The fourth-order valence-electron chi connectivity index (χ4n) is 3.60. The molecule has 0 N–H and O–H groups in total. The summed E-state index contributed by atoms with van der Waals surface area (Å²) < 4.78 is 25.5. The third-order valence-electron chi connectivity index (χ3n) is 5.08. The monoisotopic (exact) mass is 394 g/mol. The third-order valence-corrected chi connectivity index (χ3v) is 6.95. The molecule has 0 aromatic heterocycles. The van der Waals surface area contributed by atoms with Gasteiger partial charge in [0.05, 0.1) is 11.4 Å². The lowest BCUT2D eigenvalue weighted by Crippen LogP contribution is -2.27. The Kier molecular flexibility index (Phi) is 4.81. The molecule has 1 aliphatic heterocycles. The molecule has 0 aliphatic carbocycles. The molecule has 1 amide bonds. The molecule has 0 saturated carbocycles. The van der Waals surface area contributed by atoms with Crippen LogP contribution in [0, 0.1) is 0 Å². The van der Waals surface area contributed by atoms with Crippen molar-refractivity contribution < 1.29 is 13.2 Å². The summed E-state index contributed by atoms with van der Waals surface area (Å²) in [5.41, 5.74) is 2.23. The van der Waals surface area contributed by atoms with Crippen molar-refractivity contribution in [2.45, 2.75) is 13.0 Å². The summed E-state index contributed by atoms with van der Waals surface area (Å²) in [5.74, 6) is 0.0892. The molecule has 1 aliphatic rings. The van der Waals surface area contributed by atoms with Crippen LogP contribution in [0.25, 0.3) is 10.8 Å². The van der Waals surface area contributed by atoms with Crippen molar-refractivity contribution in [1.29, 1.82) is 0 Å². The lowest BCUT2D eigenvalue weighted by Gasteiger charge is -2.19. The van der Waals surface area contributed by atoms with Crippen LogP contribution in [0.2, 0.25) is 0 Å². The molecule has 0 radical (unpaired) electrons. The van der Waals surface area contributed by atoms with Crippen molar-refractivity contribution >= 4 is 32.4 Å². The number of fused-ring (bicyclic) bond motifs is 1. The van der Waals surface area contributed by atoms with E-state index in [0.717, 1.165) is 10.9 Å². The largest absolute Gasteiger partial charge is 0.337 e. The SMILES string of the molecule is CN(Cc1ccc2ccccc2c1)C(=O)c1ccc(N2CCCS2(=O)=O)cc1. The predicted molar refractivity (Wildman–Crippen MR) is 112 cm³/mol. The molecule has 144 valence electrons. The number of anilines is 1. The summed E-state index contributed by atoms with van der Waals surface area (Å²) in [7, 11) is -1.44. The lowest BCUT2D eigenvalue weighted by atomic mass is 10.1. The quantitative estimate of drug-likeness (QED) is 0.679. The van der Waals surface area contributed by atoms with Crippen molar-refractivity contribution in [3.63, 3.8) is 0 Å². The van der Waals surface area contributed by atoms with Crippen molar-refractivity contribution in [3.05, 3.63) is 77.9 Å². The second kappa shape index (κ2) is 7.28. The van der Waals surface area contributed by atoms with Crippen LogP contribution in [0.3, 0.4) is 0 Å². The van der Waals surface area contributed by atoms with Crippen molar-refractivity contribution in [3.8, 4) is 0 Å². The minimum atomic E-state index is -3.21. The molecule has 4 rings (SSSR count). The highest BCUT2D eigenvalue weighted by Gasteiger charge is 2.28. The van der Waals surface area contributed by atoms with Gasteiger partial charge in [0.2, 0.25) is 10.0 Å². The van der Waals surface area contributed by atoms with E-state index in [0.29, 0.717) is 30.8 Å². The highest BCUT2D eigenvalue weighted by Crippen LogP contribution is 2.24. The van der Waals surface area contributed by atoms with Crippen LogP contribution in [0.15, 0.2) is 66.7 Å². The van der Waals surface area contributed by atoms with Crippen LogP contribution in [0.4, 0.5) is 5.69 Å². The van der Waals surface area contributed by atoms with Gasteiger partial charge in [0.15, 0.2) is 0 Å². The summed E-state index contributed by atoms with van der Waals surface area (Å²) in [6.07, 6.45) is 0.636. The molecular formula is C22H22N2O3S. The lowest BCUT2D eigenvalue weighted by molar-refractivity contribution is 0.0785. The van der Waals surface area contributed by atoms with Gasteiger partial charge in [-0.3, -0.25) is 9.10 Å². The van der Waals surface area contributed by atoms with E-state index < -0.39 is 10.0 Å². The number of hydrogen-bond donors (Lipinski definition) is 0. The van der Waals surface area contributed by atoms with Crippen LogP contribution in [-0.4, -0.2) is 38.6 Å². The average Bonchev–Trinajstić information content (AvgIpc) is 3.06. The summed E-state index contributed by atoms with van der Waals surface area (Å²) >= 11 is 0. The van der Waals surface area contributed by atoms with Gasteiger partial charge in [0, 0.05) is 25.7 Å². The number of benzene rings is 3. The van der Waals surface area contributed by atoms with Gasteiger partial charge in [-0.05, 0) is 53.1 Å². The van der Waals surface area contributed by atoms with E-state index in [1.54, 1.807) is 36.2 Å². The predicted octanol–water partition coefficient (Wildman–Crippen LogP) is 3.65. The first-order valence-corrected chi connectivity index (χ1v) is 10.9. The average molecular weight is 394 g/mol. The standard InChI is InChI=1S/C22H22N2O3S/c1-23(16-17-7-8-18-5-2-3-6-20(18)15-17)22(25)19-9-11-21(12-10-19)24-13-4-14-28(24,26)27/h2-3,5-12,15H,4,13-14,16H2,1H3. The maximum atomic E-state index is 12.8. The van der Waals surface area contributed by atoms with Crippen LogP contribution < -0.4 is 4.31 Å². The zero-order valence-electron chi connectivity index (χ0n) is 15.7. The van der Waals surface area contributed by atoms with Crippen LogP contribution in [0.5, 0.6) is 0 Å². The second-order valence-electron chi connectivity index (χ2n) is 7.13. The molecular weight excluding hydrogens is 372 g/mol. The van der Waals surface area contributed by atoms with Gasteiger partial charge in [0.1, 0.15) is 0 Å². The zero-order valence-corrected chi connectivity index (χ0v) is 16.5. The molecule has 1 fully saturated rings. The van der Waals surface area contributed by atoms with Crippen molar-refractivity contribution in [1.82, 2.24) is 4.90 Å². The van der Waals surface area contributed by atoms with Gasteiger partial charge in [-0.15, -0.1) is 0 Å². The Morgan fingerprint density at radius 1 is 1.00 bits per heavy atom. The maximum absolute atomic E-state index is 12.8. The Morgan fingerprint density at radius 3 is 2.39 bits per heavy atom.